The topological polar surface area (TPSA) is 52.0 Å². The highest BCUT2D eigenvalue weighted by Gasteiger charge is 2.49. The lowest BCUT2D eigenvalue weighted by atomic mass is 9.57. The molecule has 3 nitrogen and oxygen atoms in total. The molecule has 3 heteroatoms. The molecule has 2 aromatic rings. The van der Waals surface area contributed by atoms with Gasteiger partial charge in [0.1, 0.15) is 5.76 Å². The van der Waals surface area contributed by atoms with Gasteiger partial charge in [0.05, 0.1) is 5.69 Å². The summed E-state index contributed by atoms with van der Waals surface area (Å²) >= 11 is 0. The second kappa shape index (κ2) is 4.87. The van der Waals surface area contributed by atoms with E-state index in [1.807, 2.05) is 6.07 Å². The average Bonchev–Trinajstić information content (AvgIpc) is 2.92. The van der Waals surface area contributed by atoms with Crippen molar-refractivity contribution in [3.8, 4) is 0 Å². The first-order chi connectivity index (χ1) is 10.7. The summed E-state index contributed by atoms with van der Waals surface area (Å²) in [5, 5.41) is 4.37. The van der Waals surface area contributed by atoms with Crippen LogP contribution in [0.15, 0.2) is 16.7 Å². The van der Waals surface area contributed by atoms with Crippen LogP contribution in [-0.4, -0.2) is 5.16 Å². The Balaban J connectivity index is 1.92. The Morgan fingerprint density at radius 1 is 1.18 bits per heavy atom. The standard InChI is InChI=1S/C19H24N2O/c1-4-11-6-7-14(20)10(3)16(11)18-13-8-12(9-13)17-15(5-2)21-22-19(17)18/h6-7,12-13,18H,4-5,8-9,20H2,1-3H3. The van der Waals surface area contributed by atoms with Crippen LogP contribution in [0.4, 0.5) is 5.69 Å². The predicted octanol–water partition coefficient (Wildman–Crippen LogP) is 4.33. The van der Waals surface area contributed by atoms with Gasteiger partial charge in [0.25, 0.3) is 0 Å². The minimum atomic E-state index is 0.353. The average molecular weight is 296 g/mol. The van der Waals surface area contributed by atoms with Crippen molar-refractivity contribution >= 4 is 5.69 Å². The molecule has 3 aliphatic rings. The van der Waals surface area contributed by atoms with E-state index < -0.39 is 0 Å². The maximum absolute atomic E-state index is 6.21. The third-order valence-electron chi connectivity index (χ3n) is 5.84. The zero-order chi connectivity index (χ0) is 15.4. The highest BCUT2D eigenvalue weighted by Crippen LogP contribution is 2.59. The molecule has 1 saturated carbocycles. The number of nitrogens with zero attached hydrogens (tertiary/aromatic N) is 1. The Bertz CT molecular complexity index is 725. The molecule has 1 fully saturated rings. The maximum atomic E-state index is 6.21. The third kappa shape index (κ3) is 1.71. The van der Waals surface area contributed by atoms with Crippen molar-refractivity contribution in [1.29, 1.82) is 0 Å². The molecule has 0 saturated heterocycles. The monoisotopic (exact) mass is 296 g/mol. The molecule has 1 aromatic heterocycles. The van der Waals surface area contributed by atoms with Crippen molar-refractivity contribution < 1.29 is 4.52 Å². The number of anilines is 1. The smallest absolute Gasteiger partial charge is 0.148 e. The minimum absolute atomic E-state index is 0.353. The van der Waals surface area contributed by atoms with E-state index in [1.165, 1.54) is 40.8 Å². The van der Waals surface area contributed by atoms with E-state index >= 15 is 0 Å². The van der Waals surface area contributed by atoms with E-state index in [4.69, 9.17) is 10.3 Å². The second-order valence-electron chi connectivity index (χ2n) is 6.87. The summed E-state index contributed by atoms with van der Waals surface area (Å²) in [6.45, 7) is 6.55. The molecule has 0 amide bonds. The lowest BCUT2D eigenvalue weighted by molar-refractivity contribution is 0.181. The molecule has 0 spiro atoms. The van der Waals surface area contributed by atoms with Crippen molar-refractivity contribution in [2.45, 2.75) is 58.3 Å². The van der Waals surface area contributed by atoms with Crippen LogP contribution in [0, 0.1) is 12.8 Å². The van der Waals surface area contributed by atoms with Crippen molar-refractivity contribution in [3.05, 3.63) is 45.8 Å². The summed E-state index contributed by atoms with van der Waals surface area (Å²) in [4.78, 5) is 0. The Kier molecular flexibility index (Phi) is 3.07. The van der Waals surface area contributed by atoms with E-state index in [1.54, 1.807) is 0 Å². The predicted molar refractivity (Wildman–Crippen MR) is 88.2 cm³/mol. The molecule has 2 bridgehead atoms. The van der Waals surface area contributed by atoms with Gasteiger partial charge in [-0.25, -0.2) is 0 Å². The largest absolute Gasteiger partial charge is 0.399 e. The van der Waals surface area contributed by atoms with Crippen molar-refractivity contribution in [1.82, 2.24) is 5.16 Å². The Labute approximate surface area is 131 Å². The molecule has 3 aliphatic carbocycles. The fourth-order valence-corrected chi connectivity index (χ4v) is 4.55. The minimum Gasteiger partial charge on any atom is -0.399 e. The van der Waals surface area contributed by atoms with Gasteiger partial charge in [-0.2, -0.15) is 0 Å². The summed E-state index contributed by atoms with van der Waals surface area (Å²) < 4.78 is 5.85. The van der Waals surface area contributed by atoms with Crippen molar-refractivity contribution in [3.63, 3.8) is 0 Å². The summed E-state index contributed by atoms with van der Waals surface area (Å²) in [5.74, 6) is 2.86. The normalized spacial score (nSPS) is 25.7. The van der Waals surface area contributed by atoms with Crippen molar-refractivity contribution in [2.75, 3.05) is 5.73 Å². The number of nitrogen functional groups attached to an aromatic ring is 1. The Morgan fingerprint density at radius 3 is 2.64 bits per heavy atom. The zero-order valence-electron chi connectivity index (χ0n) is 13.6. The lowest BCUT2D eigenvalue weighted by Crippen LogP contribution is -2.35. The van der Waals surface area contributed by atoms with Gasteiger partial charge >= 0.3 is 0 Å². The zero-order valence-corrected chi connectivity index (χ0v) is 13.6. The van der Waals surface area contributed by atoms with E-state index in [2.05, 4.69) is 32.0 Å². The van der Waals surface area contributed by atoms with E-state index in [9.17, 15) is 0 Å². The van der Waals surface area contributed by atoms with Gasteiger partial charge in [0.2, 0.25) is 0 Å². The molecule has 1 heterocycles. The van der Waals surface area contributed by atoms with Crippen LogP contribution in [0.3, 0.4) is 0 Å². The van der Waals surface area contributed by atoms with Gasteiger partial charge in [-0.3, -0.25) is 0 Å². The molecule has 1 aromatic carbocycles. The van der Waals surface area contributed by atoms with Gasteiger partial charge in [-0.1, -0.05) is 25.1 Å². The molecule has 116 valence electrons. The van der Waals surface area contributed by atoms with Crippen molar-refractivity contribution in [2.24, 2.45) is 5.92 Å². The maximum Gasteiger partial charge on any atom is 0.148 e. The lowest BCUT2D eigenvalue weighted by Gasteiger charge is -2.46. The second-order valence-corrected chi connectivity index (χ2v) is 6.87. The molecular weight excluding hydrogens is 272 g/mol. The molecule has 5 rings (SSSR count). The first kappa shape index (κ1) is 13.9. The molecular formula is C19H24N2O. The molecule has 0 radical (unpaired) electrons. The number of nitrogens with two attached hydrogens (primary N) is 1. The fraction of sp³-hybridized carbons (Fsp3) is 0.526. The number of hydrogen-bond acceptors (Lipinski definition) is 3. The van der Waals surface area contributed by atoms with Crippen LogP contribution in [0.2, 0.25) is 0 Å². The van der Waals surface area contributed by atoms with Gasteiger partial charge in [0.15, 0.2) is 0 Å². The van der Waals surface area contributed by atoms with E-state index in [-0.39, 0.29) is 0 Å². The third-order valence-corrected chi connectivity index (χ3v) is 5.84. The number of benzene rings is 1. The van der Waals surface area contributed by atoms with Gasteiger partial charge < -0.3 is 10.3 Å². The highest BCUT2D eigenvalue weighted by atomic mass is 16.5. The van der Waals surface area contributed by atoms with E-state index in [0.717, 1.165) is 24.3 Å². The molecule has 2 N–H and O–H groups in total. The quantitative estimate of drug-likeness (QED) is 0.858. The number of aromatic nitrogens is 1. The van der Waals surface area contributed by atoms with Crippen LogP contribution < -0.4 is 5.73 Å². The fourth-order valence-electron chi connectivity index (χ4n) is 4.55. The Morgan fingerprint density at radius 2 is 1.95 bits per heavy atom. The summed E-state index contributed by atoms with van der Waals surface area (Å²) in [5.41, 5.74) is 13.7. The van der Waals surface area contributed by atoms with Crippen LogP contribution >= 0.6 is 0 Å². The summed E-state index contributed by atoms with van der Waals surface area (Å²) in [7, 11) is 0. The van der Waals surface area contributed by atoms with Crippen LogP contribution in [0.5, 0.6) is 0 Å². The van der Waals surface area contributed by atoms with Crippen LogP contribution in [-0.2, 0) is 12.8 Å². The van der Waals surface area contributed by atoms with Crippen LogP contribution in [0.1, 0.15) is 72.2 Å². The molecule has 1 atom stereocenters. The Hall–Kier alpha value is -1.77. The van der Waals surface area contributed by atoms with Gasteiger partial charge in [-0.15, -0.1) is 0 Å². The number of hydrogen-bond donors (Lipinski definition) is 1. The number of aryl methyl sites for hydroxylation is 2. The van der Waals surface area contributed by atoms with Gasteiger partial charge in [0, 0.05) is 17.2 Å². The first-order valence-electron chi connectivity index (χ1n) is 8.51. The van der Waals surface area contributed by atoms with E-state index in [0.29, 0.717) is 17.8 Å². The van der Waals surface area contributed by atoms with Gasteiger partial charge in [-0.05, 0) is 67.2 Å². The molecule has 0 aliphatic heterocycles. The molecule has 22 heavy (non-hydrogen) atoms. The number of rotatable bonds is 3. The highest BCUT2D eigenvalue weighted by molar-refractivity contribution is 5.58. The van der Waals surface area contributed by atoms with Crippen LogP contribution in [0.25, 0.3) is 0 Å². The molecule has 1 unspecified atom stereocenters. The summed E-state index contributed by atoms with van der Waals surface area (Å²) in [6, 6.07) is 4.24. The first-order valence-corrected chi connectivity index (χ1v) is 8.51. The summed E-state index contributed by atoms with van der Waals surface area (Å²) in [6.07, 6.45) is 4.56. The SMILES string of the molecule is CCc1ccc(N)c(C)c1C1c2onc(CC)c2C2CC1C2.